The zero-order chi connectivity index (χ0) is 10.0. The molecule has 0 aromatic rings. The smallest absolute Gasteiger partial charge is 0.374 e. The Morgan fingerprint density at radius 2 is 1.33 bits per heavy atom. The lowest BCUT2D eigenvalue weighted by atomic mass is 11.3. The minimum atomic E-state index is -2.43. The Balaban J connectivity index is 0. The normalized spacial score (nSPS) is 10.1. The van der Waals surface area contributed by atoms with Crippen molar-refractivity contribution in [2.45, 2.75) is 0 Å². The zero-order valence-corrected chi connectivity index (χ0v) is 9.51. The summed E-state index contributed by atoms with van der Waals surface area (Å²) in [5, 5.41) is 2.75. The van der Waals surface area contributed by atoms with E-state index in [9.17, 15) is 0 Å². The Morgan fingerprint density at radius 1 is 1.08 bits per heavy atom. The maximum atomic E-state index is 4.96. The van der Waals surface area contributed by atoms with E-state index in [1.807, 2.05) is 14.1 Å². The van der Waals surface area contributed by atoms with Crippen molar-refractivity contribution < 1.29 is 13.3 Å². The maximum Gasteiger partial charge on any atom is 0.528 e. The molecule has 0 saturated heterocycles. The summed E-state index contributed by atoms with van der Waals surface area (Å²) in [4.78, 5) is 0. The topological polar surface area (TPSA) is 39.7 Å². The molecule has 0 radical (unpaired) electrons. The van der Waals surface area contributed by atoms with Crippen LogP contribution in [0.25, 0.3) is 0 Å². The van der Waals surface area contributed by atoms with Gasteiger partial charge in [-0.2, -0.15) is 0 Å². The molecule has 0 fully saturated rings. The molecule has 0 aliphatic carbocycles. The summed E-state index contributed by atoms with van der Waals surface area (Å²) in [5.74, 6) is 0. The van der Waals surface area contributed by atoms with Gasteiger partial charge in [0.05, 0.1) is 0 Å². The van der Waals surface area contributed by atoms with Gasteiger partial charge < -0.3 is 18.6 Å². The summed E-state index contributed by atoms with van der Waals surface area (Å²) < 4.78 is 14.9. The zero-order valence-electron chi connectivity index (χ0n) is 8.51. The Labute approximate surface area is 75.9 Å². The number of hydrogen-bond acceptors (Lipinski definition) is 4. The fourth-order valence-electron chi connectivity index (χ4n) is 0.500. The van der Waals surface area contributed by atoms with Gasteiger partial charge in [0.25, 0.3) is 0 Å². The van der Waals surface area contributed by atoms with Crippen LogP contribution in [-0.2, 0) is 13.3 Å². The van der Waals surface area contributed by atoms with Gasteiger partial charge in [0, 0.05) is 21.3 Å². The molecule has 0 aromatic carbocycles. The Morgan fingerprint density at radius 3 is 1.33 bits per heavy atom. The minimum Gasteiger partial charge on any atom is -0.374 e. The largest absolute Gasteiger partial charge is 0.528 e. The van der Waals surface area contributed by atoms with Crippen molar-refractivity contribution >= 4 is 8.80 Å². The average molecular weight is 193 g/mol. The second kappa shape index (κ2) is 8.89. The summed E-state index contributed by atoms with van der Waals surface area (Å²) in [6, 6.07) is 0. The van der Waals surface area contributed by atoms with Gasteiger partial charge in [-0.15, -0.1) is 0 Å². The quantitative estimate of drug-likeness (QED) is 0.657. The van der Waals surface area contributed by atoms with Crippen molar-refractivity contribution in [3.05, 3.63) is 12.3 Å². The molecule has 1 N–H and O–H groups in total. The first-order valence-electron chi connectivity index (χ1n) is 3.53. The molecule has 0 aliphatic heterocycles. The standard InChI is InChI=1S/C5H12O3Si.C2H7N/c1-5-9(6-2,7-3)8-4;1-3-2/h5H,1H2,2-4H3;3H,1-2H3. The van der Waals surface area contributed by atoms with Crippen molar-refractivity contribution in [1.82, 2.24) is 5.32 Å². The van der Waals surface area contributed by atoms with Crippen LogP contribution < -0.4 is 5.32 Å². The molecule has 0 amide bonds. The molecule has 12 heavy (non-hydrogen) atoms. The molecule has 74 valence electrons. The van der Waals surface area contributed by atoms with Crippen molar-refractivity contribution in [3.63, 3.8) is 0 Å². The Kier molecular flexibility index (Phi) is 10.6. The highest BCUT2D eigenvalue weighted by atomic mass is 28.4. The predicted molar refractivity (Wildman–Crippen MR) is 52.0 cm³/mol. The molecule has 0 heterocycles. The van der Waals surface area contributed by atoms with E-state index in [4.69, 9.17) is 13.3 Å². The third-order valence-corrected chi connectivity index (χ3v) is 3.31. The second-order valence-corrected chi connectivity index (χ2v) is 4.76. The van der Waals surface area contributed by atoms with E-state index in [1.54, 1.807) is 27.0 Å². The van der Waals surface area contributed by atoms with Gasteiger partial charge >= 0.3 is 8.80 Å². The third kappa shape index (κ3) is 5.45. The minimum absolute atomic E-state index is 1.54. The summed E-state index contributed by atoms with van der Waals surface area (Å²) >= 11 is 0. The highest BCUT2D eigenvalue weighted by Crippen LogP contribution is 2.04. The van der Waals surface area contributed by atoms with Crippen LogP contribution in [0, 0.1) is 0 Å². The molecule has 0 aliphatic rings. The Hall–Kier alpha value is -0.203. The third-order valence-electron chi connectivity index (χ3n) is 1.10. The van der Waals surface area contributed by atoms with Gasteiger partial charge in [-0.1, -0.05) is 6.58 Å². The van der Waals surface area contributed by atoms with Gasteiger partial charge in [0.2, 0.25) is 0 Å². The van der Waals surface area contributed by atoms with E-state index >= 15 is 0 Å². The summed E-state index contributed by atoms with van der Waals surface area (Å²) in [7, 11) is 5.95. The fraction of sp³-hybridized carbons (Fsp3) is 0.714. The van der Waals surface area contributed by atoms with E-state index < -0.39 is 8.80 Å². The second-order valence-electron chi connectivity index (χ2n) is 1.92. The number of nitrogens with one attached hydrogen (secondary N) is 1. The molecular weight excluding hydrogens is 174 g/mol. The summed E-state index contributed by atoms with van der Waals surface area (Å²) in [6.45, 7) is 3.53. The van der Waals surface area contributed by atoms with Crippen LogP contribution in [0.4, 0.5) is 0 Å². The molecule has 0 atom stereocenters. The van der Waals surface area contributed by atoms with Crippen LogP contribution in [0.15, 0.2) is 12.3 Å². The van der Waals surface area contributed by atoms with Crippen LogP contribution in [0.1, 0.15) is 0 Å². The molecule has 0 unspecified atom stereocenters. The first-order valence-corrected chi connectivity index (χ1v) is 5.34. The van der Waals surface area contributed by atoms with Gasteiger partial charge in [-0.3, -0.25) is 0 Å². The molecular formula is C7H19NO3Si. The highest BCUT2D eigenvalue weighted by Gasteiger charge is 2.33. The molecule has 5 heteroatoms. The van der Waals surface area contributed by atoms with Crippen LogP contribution >= 0.6 is 0 Å². The van der Waals surface area contributed by atoms with Crippen molar-refractivity contribution in [2.24, 2.45) is 0 Å². The van der Waals surface area contributed by atoms with Crippen molar-refractivity contribution in [3.8, 4) is 0 Å². The first-order chi connectivity index (χ1) is 5.66. The van der Waals surface area contributed by atoms with Crippen molar-refractivity contribution in [1.29, 1.82) is 0 Å². The van der Waals surface area contributed by atoms with E-state index in [-0.39, 0.29) is 0 Å². The van der Waals surface area contributed by atoms with Crippen LogP contribution in [0.3, 0.4) is 0 Å². The lowest BCUT2D eigenvalue weighted by Crippen LogP contribution is -2.40. The molecule has 0 spiro atoms. The molecule has 4 nitrogen and oxygen atoms in total. The van der Waals surface area contributed by atoms with E-state index in [1.165, 1.54) is 0 Å². The first kappa shape index (κ1) is 14.3. The Bertz CT molecular complexity index is 98.6. The molecule has 0 bridgehead atoms. The number of hydrogen-bond donors (Lipinski definition) is 1. The van der Waals surface area contributed by atoms with Gasteiger partial charge in [0.15, 0.2) is 0 Å². The fourth-order valence-corrected chi connectivity index (χ4v) is 1.50. The van der Waals surface area contributed by atoms with Gasteiger partial charge in [-0.05, 0) is 19.8 Å². The van der Waals surface area contributed by atoms with Crippen LogP contribution in [0.2, 0.25) is 0 Å². The lowest BCUT2D eigenvalue weighted by Gasteiger charge is -2.19. The molecule has 0 rings (SSSR count). The van der Waals surface area contributed by atoms with E-state index in [2.05, 4.69) is 11.9 Å². The monoisotopic (exact) mass is 193 g/mol. The number of rotatable bonds is 4. The average Bonchev–Trinajstić information content (AvgIpc) is 2.11. The van der Waals surface area contributed by atoms with E-state index in [0.29, 0.717) is 0 Å². The lowest BCUT2D eigenvalue weighted by molar-refractivity contribution is 0.138. The predicted octanol–water partition coefficient (Wildman–Crippen LogP) is 0.425. The summed E-state index contributed by atoms with van der Waals surface area (Å²) in [5.41, 5.74) is 1.58. The molecule has 0 saturated carbocycles. The molecule has 0 aromatic heterocycles. The van der Waals surface area contributed by atoms with Gasteiger partial charge in [-0.25, -0.2) is 0 Å². The van der Waals surface area contributed by atoms with E-state index in [0.717, 1.165) is 0 Å². The van der Waals surface area contributed by atoms with Crippen molar-refractivity contribution in [2.75, 3.05) is 35.4 Å². The highest BCUT2D eigenvalue weighted by molar-refractivity contribution is 6.66. The van der Waals surface area contributed by atoms with Crippen LogP contribution in [-0.4, -0.2) is 44.2 Å². The summed E-state index contributed by atoms with van der Waals surface area (Å²) in [6.07, 6.45) is 0. The van der Waals surface area contributed by atoms with Crippen LogP contribution in [0.5, 0.6) is 0 Å². The van der Waals surface area contributed by atoms with Gasteiger partial charge in [0.1, 0.15) is 0 Å². The SMILES string of the molecule is C=C[Si](OC)(OC)OC.CNC. The maximum absolute atomic E-state index is 4.96.